The Hall–Kier alpha value is -4.78. The summed E-state index contributed by atoms with van der Waals surface area (Å²) >= 11 is 6.56. The van der Waals surface area contributed by atoms with Crippen LogP contribution in [0.5, 0.6) is 0 Å². The maximum Gasteiger partial charge on any atom is 0.407 e. The van der Waals surface area contributed by atoms with Crippen LogP contribution in [0.15, 0.2) is 78.3 Å². The van der Waals surface area contributed by atoms with Gasteiger partial charge in [0, 0.05) is 41.8 Å². The van der Waals surface area contributed by atoms with Gasteiger partial charge in [-0.2, -0.15) is 19.0 Å². The van der Waals surface area contributed by atoms with Crippen molar-refractivity contribution in [3.8, 4) is 16.8 Å². The smallest absolute Gasteiger partial charge is 0.407 e. The Labute approximate surface area is 282 Å². The summed E-state index contributed by atoms with van der Waals surface area (Å²) in [4.78, 5) is 33.2. The standard InChI is InChI=1S/C34H39ClF2N8O3/c1-33(2,3)14-16-39-31(38)45(29(46)23-8-6-22(7-9-23)25-19-41-44(20-25)30(36)37)28(21-48-32(47)42-34(4)12-13-34)24-10-11-26(35)27(18-24)43-17-5-15-40-43/h5-11,15,17-20,28,30H,12-14,16,21H2,1-4H3,(H2,38,39)(H,42,47)/t28-/m1/s1. The second-order valence-electron chi connectivity index (χ2n) is 13.3. The van der Waals surface area contributed by atoms with Crippen LogP contribution in [-0.4, -0.2) is 61.1 Å². The Bertz CT molecular complexity index is 1760. The molecule has 14 heteroatoms. The van der Waals surface area contributed by atoms with E-state index in [2.05, 4.69) is 41.3 Å². The molecule has 0 spiro atoms. The van der Waals surface area contributed by atoms with Crippen molar-refractivity contribution in [2.45, 2.75) is 65.1 Å². The number of benzene rings is 2. The summed E-state index contributed by atoms with van der Waals surface area (Å²) in [6.07, 6.45) is 7.66. The Morgan fingerprint density at radius 1 is 1.15 bits per heavy atom. The van der Waals surface area contributed by atoms with Gasteiger partial charge >= 0.3 is 12.6 Å². The summed E-state index contributed by atoms with van der Waals surface area (Å²) in [6.45, 7) is 5.48. The second-order valence-corrected chi connectivity index (χ2v) is 13.7. The number of halogens is 3. The number of amides is 2. The van der Waals surface area contributed by atoms with Gasteiger partial charge < -0.3 is 15.8 Å². The van der Waals surface area contributed by atoms with Crippen molar-refractivity contribution in [2.24, 2.45) is 16.1 Å². The van der Waals surface area contributed by atoms with E-state index in [1.807, 2.05) is 6.92 Å². The van der Waals surface area contributed by atoms with E-state index < -0.39 is 24.6 Å². The third-order valence-corrected chi connectivity index (χ3v) is 8.38. The predicted octanol–water partition coefficient (Wildman–Crippen LogP) is 7.00. The number of alkyl halides is 2. The Balaban J connectivity index is 1.54. The molecule has 5 rings (SSSR count). The molecule has 1 atom stereocenters. The van der Waals surface area contributed by atoms with Gasteiger partial charge in [-0.3, -0.25) is 14.7 Å². The molecule has 0 radical (unpaired) electrons. The highest BCUT2D eigenvalue weighted by molar-refractivity contribution is 6.32. The van der Waals surface area contributed by atoms with Crippen LogP contribution in [-0.2, 0) is 4.74 Å². The third-order valence-electron chi connectivity index (χ3n) is 8.06. The van der Waals surface area contributed by atoms with Gasteiger partial charge in [0.1, 0.15) is 6.61 Å². The van der Waals surface area contributed by atoms with E-state index in [0.29, 0.717) is 45.0 Å². The molecule has 3 N–H and O–H groups in total. The molecule has 0 unspecified atom stereocenters. The molecule has 1 saturated carbocycles. The number of hydrogen-bond acceptors (Lipinski definition) is 6. The number of aromatic nitrogens is 4. The monoisotopic (exact) mass is 680 g/mol. The first kappa shape index (κ1) is 34.6. The highest BCUT2D eigenvalue weighted by Gasteiger charge is 2.40. The number of carbonyl (C=O) groups is 2. The number of aliphatic imine (C=N–C) groups is 1. The molecule has 1 aliphatic rings. The van der Waals surface area contributed by atoms with Crippen LogP contribution >= 0.6 is 11.6 Å². The number of hydrogen-bond donors (Lipinski definition) is 2. The minimum Gasteiger partial charge on any atom is -0.447 e. The van der Waals surface area contributed by atoms with Crippen LogP contribution in [0.4, 0.5) is 13.6 Å². The molecule has 4 aromatic rings. The van der Waals surface area contributed by atoms with Crippen LogP contribution in [0, 0.1) is 5.41 Å². The first-order valence-electron chi connectivity index (χ1n) is 15.5. The summed E-state index contributed by atoms with van der Waals surface area (Å²) in [7, 11) is 0. The molecular weight excluding hydrogens is 642 g/mol. The summed E-state index contributed by atoms with van der Waals surface area (Å²) in [5.74, 6) is -0.578. The molecule has 2 aromatic carbocycles. The van der Waals surface area contributed by atoms with E-state index in [9.17, 15) is 18.4 Å². The predicted molar refractivity (Wildman–Crippen MR) is 179 cm³/mol. The molecule has 11 nitrogen and oxygen atoms in total. The van der Waals surface area contributed by atoms with Gasteiger partial charge in [-0.1, -0.05) is 50.6 Å². The number of ether oxygens (including phenoxy) is 1. The molecule has 1 fully saturated rings. The van der Waals surface area contributed by atoms with Gasteiger partial charge in [0.15, 0.2) is 5.96 Å². The fourth-order valence-electron chi connectivity index (χ4n) is 4.92. The lowest BCUT2D eigenvalue weighted by molar-refractivity contribution is 0.0566. The molecule has 2 aromatic heterocycles. The van der Waals surface area contributed by atoms with E-state index in [0.717, 1.165) is 12.8 Å². The molecular formula is C34H39ClF2N8O3. The van der Waals surface area contributed by atoms with Crippen molar-refractivity contribution in [2.75, 3.05) is 13.2 Å². The van der Waals surface area contributed by atoms with Crippen molar-refractivity contribution in [1.82, 2.24) is 29.8 Å². The molecule has 2 heterocycles. The lowest BCUT2D eigenvalue weighted by Crippen LogP contribution is -2.47. The highest BCUT2D eigenvalue weighted by atomic mass is 35.5. The summed E-state index contributed by atoms with van der Waals surface area (Å²) in [5, 5.41) is 11.3. The first-order valence-corrected chi connectivity index (χ1v) is 15.9. The zero-order valence-electron chi connectivity index (χ0n) is 27.2. The fraction of sp³-hybridized carbons (Fsp3) is 0.382. The number of nitrogens with two attached hydrogens (primary N) is 1. The summed E-state index contributed by atoms with van der Waals surface area (Å²) in [5.41, 5.74) is 8.67. The van der Waals surface area contributed by atoms with Gasteiger partial charge in [-0.05, 0) is 73.1 Å². The van der Waals surface area contributed by atoms with E-state index in [1.54, 1.807) is 65.6 Å². The van der Waals surface area contributed by atoms with Crippen LogP contribution < -0.4 is 11.1 Å². The molecule has 1 aliphatic carbocycles. The zero-order chi connectivity index (χ0) is 34.6. The average molecular weight is 681 g/mol. The Morgan fingerprint density at radius 3 is 2.48 bits per heavy atom. The van der Waals surface area contributed by atoms with Crippen molar-refractivity contribution in [1.29, 1.82) is 0 Å². The first-order chi connectivity index (χ1) is 22.7. The minimum atomic E-state index is -2.77. The fourth-order valence-corrected chi connectivity index (χ4v) is 5.12. The van der Waals surface area contributed by atoms with E-state index in [4.69, 9.17) is 22.1 Å². The van der Waals surface area contributed by atoms with Gasteiger partial charge in [-0.15, -0.1) is 0 Å². The normalized spacial score (nSPS) is 14.9. The molecule has 0 aliphatic heterocycles. The number of carbonyl (C=O) groups excluding carboxylic acids is 2. The number of alkyl carbamates (subject to hydrolysis) is 1. The largest absolute Gasteiger partial charge is 0.447 e. The molecule has 0 saturated heterocycles. The minimum absolute atomic E-state index is 0.0407. The van der Waals surface area contributed by atoms with Gasteiger partial charge in [0.2, 0.25) is 0 Å². The Morgan fingerprint density at radius 2 is 1.88 bits per heavy atom. The molecule has 48 heavy (non-hydrogen) atoms. The topological polar surface area (TPSA) is 133 Å². The zero-order valence-corrected chi connectivity index (χ0v) is 28.0. The maximum atomic E-state index is 14.4. The van der Waals surface area contributed by atoms with E-state index >= 15 is 0 Å². The van der Waals surface area contributed by atoms with Gasteiger partial charge in [-0.25, -0.2) is 14.2 Å². The van der Waals surface area contributed by atoms with Crippen molar-refractivity contribution >= 4 is 29.6 Å². The van der Waals surface area contributed by atoms with E-state index in [-0.39, 0.29) is 29.1 Å². The quantitative estimate of drug-likeness (QED) is 0.130. The van der Waals surface area contributed by atoms with Crippen LogP contribution in [0.25, 0.3) is 16.8 Å². The van der Waals surface area contributed by atoms with E-state index in [1.165, 1.54) is 17.3 Å². The van der Waals surface area contributed by atoms with Crippen molar-refractivity contribution in [3.05, 3.63) is 89.5 Å². The number of nitrogens with zero attached hydrogens (tertiary/aromatic N) is 6. The number of nitrogens with one attached hydrogen (secondary N) is 1. The average Bonchev–Trinajstić information content (AvgIpc) is 3.42. The summed E-state index contributed by atoms with van der Waals surface area (Å²) < 4.78 is 34.1. The third kappa shape index (κ3) is 8.57. The number of rotatable bonds is 11. The second kappa shape index (κ2) is 14.1. The lowest BCUT2D eigenvalue weighted by Gasteiger charge is -2.32. The van der Waals surface area contributed by atoms with Gasteiger partial charge in [0.25, 0.3) is 5.91 Å². The van der Waals surface area contributed by atoms with Crippen LogP contribution in [0.2, 0.25) is 5.02 Å². The van der Waals surface area contributed by atoms with Crippen LogP contribution in [0.3, 0.4) is 0 Å². The molecule has 254 valence electrons. The SMILES string of the molecule is CC(C)(C)CCN=C(N)N(C(=O)c1ccc(-c2cnn(C(F)F)c2)cc1)[C@H](COC(=O)NC1(C)CC1)c1ccc(Cl)c(-n2cccn2)c1. The maximum absolute atomic E-state index is 14.4. The molecule has 0 bridgehead atoms. The lowest BCUT2D eigenvalue weighted by atomic mass is 9.92. The van der Waals surface area contributed by atoms with Gasteiger partial charge in [0.05, 0.1) is 22.9 Å². The highest BCUT2D eigenvalue weighted by Crippen LogP contribution is 2.35. The van der Waals surface area contributed by atoms with Crippen molar-refractivity contribution < 1.29 is 23.1 Å². The van der Waals surface area contributed by atoms with Crippen LogP contribution in [0.1, 0.15) is 75.5 Å². The molecule has 2 amide bonds. The van der Waals surface area contributed by atoms with Crippen molar-refractivity contribution in [3.63, 3.8) is 0 Å². The Kier molecular flexibility index (Phi) is 10.2. The summed E-state index contributed by atoms with van der Waals surface area (Å²) in [6, 6.07) is 12.4. The number of guanidine groups is 1.